The minimum Gasteiger partial charge on any atom is -0.444 e. The lowest BCUT2D eigenvalue weighted by Gasteiger charge is -2.40. The van der Waals surface area contributed by atoms with Gasteiger partial charge in [-0.1, -0.05) is 6.07 Å². The van der Waals surface area contributed by atoms with Crippen molar-refractivity contribution < 1.29 is 23.5 Å². The fraction of sp³-hybridized carbons (Fsp3) is 0.531. The second-order valence-electron chi connectivity index (χ2n) is 12.7. The quantitative estimate of drug-likeness (QED) is 0.418. The Balaban J connectivity index is 1.40. The van der Waals surface area contributed by atoms with Crippen LogP contribution in [0.15, 0.2) is 30.6 Å². The van der Waals surface area contributed by atoms with Crippen LogP contribution >= 0.6 is 0 Å². The number of likely N-dealkylation sites (tertiary alicyclic amines) is 1. The fourth-order valence-corrected chi connectivity index (χ4v) is 6.26. The van der Waals surface area contributed by atoms with E-state index in [4.69, 9.17) is 9.47 Å². The van der Waals surface area contributed by atoms with Crippen LogP contribution in [-0.4, -0.2) is 88.0 Å². The highest BCUT2D eigenvalue weighted by molar-refractivity contribution is 5.85. The summed E-state index contributed by atoms with van der Waals surface area (Å²) in [6.07, 6.45) is 4.07. The number of amides is 3. The van der Waals surface area contributed by atoms with Crippen molar-refractivity contribution in [2.75, 3.05) is 39.4 Å². The van der Waals surface area contributed by atoms with E-state index in [0.29, 0.717) is 65.2 Å². The molecule has 1 N–H and O–H groups in total. The van der Waals surface area contributed by atoms with Crippen molar-refractivity contribution in [1.82, 2.24) is 24.7 Å². The molecule has 9 nitrogen and oxygen atoms in total. The molecule has 6 rings (SSSR count). The molecule has 0 unspecified atom stereocenters. The van der Waals surface area contributed by atoms with Crippen molar-refractivity contribution in [2.45, 2.75) is 71.3 Å². The SMILES string of the molecule is Cc1c[nH]c2ncc(-c3cc4c(c([C@@H]5COCCN5C(=O)OC(C)(C)C)c3)CN(C(=O)N3CCC(F)CC3)CC4)cc12. The molecule has 10 heteroatoms. The van der Waals surface area contributed by atoms with Gasteiger partial charge in [0.15, 0.2) is 0 Å². The van der Waals surface area contributed by atoms with Crippen LogP contribution in [0, 0.1) is 6.92 Å². The maximum absolute atomic E-state index is 13.8. The molecule has 0 bridgehead atoms. The first-order valence-electron chi connectivity index (χ1n) is 14.9. The van der Waals surface area contributed by atoms with Gasteiger partial charge in [-0.2, -0.15) is 0 Å². The second kappa shape index (κ2) is 11.2. The Kier molecular flexibility index (Phi) is 7.59. The topological polar surface area (TPSA) is 91.0 Å². The lowest BCUT2D eigenvalue weighted by Crippen LogP contribution is -2.49. The zero-order chi connectivity index (χ0) is 29.6. The first-order valence-corrected chi connectivity index (χ1v) is 14.9. The highest BCUT2D eigenvalue weighted by atomic mass is 19.1. The molecule has 0 spiro atoms. The summed E-state index contributed by atoms with van der Waals surface area (Å²) in [5.41, 5.74) is 6.48. The number of aromatic amines is 1. The summed E-state index contributed by atoms with van der Waals surface area (Å²) in [5, 5.41) is 1.07. The van der Waals surface area contributed by atoms with Crippen LogP contribution in [0.1, 0.15) is 61.9 Å². The van der Waals surface area contributed by atoms with Gasteiger partial charge in [-0.25, -0.2) is 19.0 Å². The molecule has 3 aromatic rings. The van der Waals surface area contributed by atoms with Crippen molar-refractivity contribution in [3.8, 4) is 11.1 Å². The molecule has 3 aliphatic rings. The average molecular weight is 578 g/mol. The first-order chi connectivity index (χ1) is 20.1. The van der Waals surface area contributed by atoms with E-state index in [-0.39, 0.29) is 18.2 Å². The molecule has 224 valence electrons. The van der Waals surface area contributed by atoms with Gasteiger partial charge in [0.1, 0.15) is 17.4 Å². The Hall–Kier alpha value is -3.66. The number of nitrogens with zero attached hydrogens (tertiary/aromatic N) is 4. The molecule has 5 heterocycles. The number of pyridine rings is 1. The largest absolute Gasteiger partial charge is 0.444 e. The molecule has 1 atom stereocenters. The molecule has 0 radical (unpaired) electrons. The number of rotatable bonds is 2. The van der Waals surface area contributed by atoms with Crippen LogP contribution in [0.3, 0.4) is 0 Å². The minimum absolute atomic E-state index is 0.0518. The molecule has 1 aromatic carbocycles. The number of nitrogens with one attached hydrogen (secondary N) is 1. The lowest BCUT2D eigenvalue weighted by atomic mass is 9.87. The number of halogens is 1. The molecule has 3 aliphatic heterocycles. The van der Waals surface area contributed by atoms with E-state index in [1.807, 2.05) is 38.1 Å². The summed E-state index contributed by atoms with van der Waals surface area (Å²) in [5.74, 6) is 0. The normalized spacial score (nSPS) is 20.1. The van der Waals surface area contributed by atoms with E-state index in [0.717, 1.165) is 44.4 Å². The fourth-order valence-electron chi connectivity index (χ4n) is 6.26. The van der Waals surface area contributed by atoms with E-state index in [2.05, 4.69) is 35.1 Å². The number of fused-ring (bicyclic) bond motifs is 2. The van der Waals surface area contributed by atoms with Crippen molar-refractivity contribution >= 4 is 23.2 Å². The molecule has 2 fully saturated rings. The molecule has 0 saturated carbocycles. The molecule has 3 amide bonds. The van der Waals surface area contributed by atoms with Crippen LogP contribution in [0.4, 0.5) is 14.0 Å². The zero-order valence-electron chi connectivity index (χ0n) is 24.9. The van der Waals surface area contributed by atoms with Crippen molar-refractivity contribution in [1.29, 1.82) is 0 Å². The van der Waals surface area contributed by atoms with Crippen molar-refractivity contribution in [3.63, 3.8) is 0 Å². The maximum atomic E-state index is 13.8. The number of urea groups is 1. The van der Waals surface area contributed by atoms with E-state index < -0.39 is 11.8 Å². The molecular formula is C32H40FN5O4. The van der Waals surface area contributed by atoms with Gasteiger partial charge >= 0.3 is 12.1 Å². The van der Waals surface area contributed by atoms with Gasteiger partial charge in [-0.3, -0.25) is 4.90 Å². The first kappa shape index (κ1) is 28.5. The number of morpholine rings is 1. The molecular weight excluding hydrogens is 537 g/mol. The summed E-state index contributed by atoms with van der Waals surface area (Å²) in [6, 6.07) is 6.05. The van der Waals surface area contributed by atoms with Crippen molar-refractivity contribution in [2.24, 2.45) is 0 Å². The summed E-state index contributed by atoms with van der Waals surface area (Å²) >= 11 is 0. The summed E-state index contributed by atoms with van der Waals surface area (Å²) in [4.78, 5) is 40.2. The van der Waals surface area contributed by atoms with Crippen LogP contribution in [0.25, 0.3) is 22.2 Å². The molecule has 42 heavy (non-hydrogen) atoms. The number of carbonyl (C=O) groups excluding carboxylic acids is 2. The van der Waals surface area contributed by atoms with Crippen LogP contribution in [-0.2, 0) is 22.4 Å². The highest BCUT2D eigenvalue weighted by Crippen LogP contribution is 2.37. The number of hydrogen-bond donors (Lipinski definition) is 1. The van der Waals surface area contributed by atoms with Gasteiger partial charge in [-0.05, 0) is 86.9 Å². The summed E-state index contributed by atoms with van der Waals surface area (Å²) < 4.78 is 25.5. The van der Waals surface area contributed by atoms with Gasteiger partial charge in [0.2, 0.25) is 0 Å². The monoisotopic (exact) mass is 577 g/mol. The number of H-pyrrole nitrogens is 1. The predicted octanol–water partition coefficient (Wildman–Crippen LogP) is 5.76. The zero-order valence-corrected chi connectivity index (χ0v) is 24.9. The lowest BCUT2D eigenvalue weighted by molar-refractivity contribution is -0.0334. The predicted molar refractivity (Wildman–Crippen MR) is 158 cm³/mol. The van der Waals surface area contributed by atoms with Gasteiger partial charge in [0.25, 0.3) is 0 Å². The second-order valence-corrected chi connectivity index (χ2v) is 12.7. The van der Waals surface area contributed by atoms with Gasteiger partial charge in [-0.15, -0.1) is 0 Å². The number of carbonyl (C=O) groups is 2. The summed E-state index contributed by atoms with van der Waals surface area (Å²) in [6.45, 7) is 10.7. The summed E-state index contributed by atoms with van der Waals surface area (Å²) in [7, 11) is 0. The molecule has 2 aromatic heterocycles. The number of benzene rings is 1. The van der Waals surface area contributed by atoms with Gasteiger partial charge in [0.05, 0.1) is 19.3 Å². The average Bonchev–Trinajstić information content (AvgIpc) is 3.35. The van der Waals surface area contributed by atoms with Crippen LogP contribution in [0.5, 0.6) is 0 Å². The van der Waals surface area contributed by atoms with Crippen LogP contribution < -0.4 is 0 Å². The standard InChI is InChI=1S/C32H40FN5O4/c1-20-16-34-29-25(20)15-23(17-35-29)22-13-21-5-8-37(30(39)36-9-6-24(33)7-10-36)18-27(21)26(14-22)28-19-41-12-11-38(28)31(40)42-32(2,3)4/h13-17,24,28H,5-12,18-19H2,1-4H3,(H,34,35)/t28-/m0/s1. The number of hydrogen-bond acceptors (Lipinski definition) is 5. The Morgan fingerprint density at radius 3 is 2.62 bits per heavy atom. The third-order valence-corrected chi connectivity index (χ3v) is 8.53. The third kappa shape index (κ3) is 5.69. The van der Waals surface area contributed by atoms with E-state index in [1.54, 1.807) is 9.80 Å². The van der Waals surface area contributed by atoms with E-state index in [9.17, 15) is 14.0 Å². The molecule has 0 aliphatic carbocycles. The Morgan fingerprint density at radius 2 is 1.86 bits per heavy atom. The van der Waals surface area contributed by atoms with Crippen LogP contribution in [0.2, 0.25) is 0 Å². The Labute approximate surface area is 246 Å². The minimum atomic E-state index is -0.838. The number of piperidine rings is 1. The van der Waals surface area contributed by atoms with Crippen molar-refractivity contribution in [3.05, 3.63) is 52.8 Å². The Morgan fingerprint density at radius 1 is 1.07 bits per heavy atom. The van der Waals surface area contributed by atoms with E-state index >= 15 is 0 Å². The van der Waals surface area contributed by atoms with E-state index in [1.165, 1.54) is 0 Å². The number of alkyl halides is 1. The van der Waals surface area contributed by atoms with Gasteiger partial charge < -0.3 is 24.3 Å². The number of aromatic nitrogens is 2. The maximum Gasteiger partial charge on any atom is 0.410 e. The number of ether oxygens (including phenoxy) is 2. The Bertz CT molecular complexity index is 1490. The molecule has 2 saturated heterocycles. The smallest absolute Gasteiger partial charge is 0.410 e. The third-order valence-electron chi connectivity index (χ3n) is 8.53. The number of aryl methyl sites for hydroxylation is 1. The van der Waals surface area contributed by atoms with Gasteiger partial charge in [0, 0.05) is 56.1 Å². The highest BCUT2D eigenvalue weighted by Gasteiger charge is 2.36.